The molecule has 0 aliphatic rings. The third-order valence-electron chi connectivity index (χ3n) is 4.71. The first-order chi connectivity index (χ1) is 14.5. The van der Waals surface area contributed by atoms with Crippen LogP contribution in [0.4, 0.5) is 26.3 Å². The zero-order chi connectivity index (χ0) is 23.7. The molecule has 0 bridgehead atoms. The zero-order valence-corrected chi connectivity index (χ0v) is 17.2. The molecule has 0 aliphatic carbocycles. The number of aliphatic hydroxyl groups is 1. The highest BCUT2D eigenvalue weighted by molar-refractivity contribution is 5.83. The van der Waals surface area contributed by atoms with Crippen LogP contribution in [-0.4, -0.2) is 43.2 Å². The maximum absolute atomic E-state index is 13.9. The number of methoxy groups -OCH3 is 1. The lowest BCUT2D eigenvalue weighted by Crippen LogP contribution is -2.53. The van der Waals surface area contributed by atoms with Gasteiger partial charge in [0.15, 0.2) is 0 Å². The van der Waals surface area contributed by atoms with Crippen molar-refractivity contribution >= 4 is 5.97 Å². The number of carbonyl (C=O) groups is 1. The van der Waals surface area contributed by atoms with Crippen molar-refractivity contribution in [3.8, 4) is 0 Å². The van der Waals surface area contributed by atoms with Gasteiger partial charge in [-0.05, 0) is 12.8 Å². The Hall–Kier alpha value is -2.07. The van der Waals surface area contributed by atoms with E-state index in [4.69, 9.17) is 0 Å². The fourth-order valence-corrected chi connectivity index (χ4v) is 3.03. The molecule has 0 aromatic heterocycles. The average Bonchev–Trinajstić information content (AvgIpc) is 2.69. The van der Waals surface area contributed by atoms with Crippen LogP contribution < -0.4 is 0 Å². The molecule has 1 aromatic rings. The van der Waals surface area contributed by atoms with Gasteiger partial charge in [0, 0.05) is 12.7 Å². The van der Waals surface area contributed by atoms with Crippen LogP contribution in [0.1, 0.15) is 38.2 Å². The van der Waals surface area contributed by atoms with Crippen molar-refractivity contribution in [3.05, 3.63) is 48.0 Å². The van der Waals surface area contributed by atoms with Gasteiger partial charge in [-0.1, -0.05) is 62.2 Å². The number of esters is 1. The van der Waals surface area contributed by atoms with E-state index < -0.39 is 48.1 Å². The van der Waals surface area contributed by atoms with Crippen molar-refractivity contribution < 1.29 is 45.7 Å². The normalized spacial score (nSPS) is 16.7. The predicted molar refractivity (Wildman–Crippen MR) is 101 cm³/mol. The van der Waals surface area contributed by atoms with E-state index in [-0.39, 0.29) is 0 Å². The Bertz CT molecular complexity index is 702. The van der Waals surface area contributed by atoms with Gasteiger partial charge in [-0.15, -0.1) is 0 Å². The summed E-state index contributed by atoms with van der Waals surface area (Å²) in [7, 11) is 0.602. The highest BCUT2D eigenvalue weighted by Crippen LogP contribution is 2.44. The minimum atomic E-state index is -5.34. The number of unbranched alkanes of at least 4 members (excludes halogenated alkanes) is 3. The first-order valence-electron chi connectivity index (χ1n) is 9.68. The second kappa shape index (κ2) is 11.5. The Morgan fingerprint density at radius 2 is 1.71 bits per heavy atom. The molecular weight excluding hydrogens is 430 g/mol. The van der Waals surface area contributed by atoms with Gasteiger partial charge < -0.3 is 14.6 Å². The summed E-state index contributed by atoms with van der Waals surface area (Å²) in [5.74, 6) is -4.58. The Morgan fingerprint density at radius 1 is 1.10 bits per heavy atom. The Morgan fingerprint density at radius 3 is 2.16 bits per heavy atom. The third kappa shape index (κ3) is 6.70. The molecule has 0 amide bonds. The lowest BCUT2D eigenvalue weighted by Gasteiger charge is -2.34. The SMILES string of the molecule is CCCCC/C=C/[C@@H]([C@@H](CO)OC(=O)C(OC)(c1ccccc1)C(F)(F)F)C(F)(F)F. The quantitative estimate of drug-likeness (QED) is 0.212. The Kier molecular flexibility index (Phi) is 10.0. The first kappa shape index (κ1) is 27.0. The maximum Gasteiger partial charge on any atom is 0.432 e. The molecule has 176 valence electrons. The van der Waals surface area contributed by atoms with Gasteiger partial charge in [-0.2, -0.15) is 26.3 Å². The van der Waals surface area contributed by atoms with Crippen molar-refractivity contribution in [3.63, 3.8) is 0 Å². The molecule has 4 nitrogen and oxygen atoms in total. The van der Waals surface area contributed by atoms with Gasteiger partial charge in [-0.3, -0.25) is 0 Å². The van der Waals surface area contributed by atoms with E-state index in [0.29, 0.717) is 26.0 Å². The predicted octanol–water partition coefficient (Wildman–Crippen LogP) is 5.31. The van der Waals surface area contributed by atoms with Crippen LogP contribution in [0, 0.1) is 5.92 Å². The lowest BCUT2D eigenvalue weighted by atomic mass is 9.92. The number of alkyl halides is 6. The molecule has 0 saturated heterocycles. The number of benzene rings is 1. The van der Waals surface area contributed by atoms with E-state index >= 15 is 0 Å². The summed E-state index contributed by atoms with van der Waals surface area (Å²) in [5.41, 5.74) is -4.31. The van der Waals surface area contributed by atoms with Crippen LogP contribution in [0.15, 0.2) is 42.5 Å². The van der Waals surface area contributed by atoms with Crippen molar-refractivity contribution in [2.75, 3.05) is 13.7 Å². The van der Waals surface area contributed by atoms with Crippen LogP contribution in [0.2, 0.25) is 0 Å². The molecule has 31 heavy (non-hydrogen) atoms. The van der Waals surface area contributed by atoms with E-state index in [1.807, 2.05) is 6.92 Å². The number of ether oxygens (including phenoxy) is 2. The summed E-state index contributed by atoms with van der Waals surface area (Å²) in [5, 5.41) is 9.43. The number of rotatable bonds is 11. The van der Waals surface area contributed by atoms with Gasteiger partial charge >= 0.3 is 18.3 Å². The van der Waals surface area contributed by atoms with E-state index in [1.54, 1.807) is 0 Å². The van der Waals surface area contributed by atoms with Crippen molar-refractivity contribution in [1.29, 1.82) is 0 Å². The van der Waals surface area contributed by atoms with Gasteiger partial charge in [-0.25, -0.2) is 4.79 Å². The minimum absolute atomic E-state index is 0.307. The number of hydrogen-bond acceptors (Lipinski definition) is 4. The molecule has 1 rings (SSSR count). The number of halogens is 6. The summed E-state index contributed by atoms with van der Waals surface area (Å²) in [6, 6.07) is 5.71. The summed E-state index contributed by atoms with van der Waals surface area (Å²) in [6.07, 6.45) is -8.10. The van der Waals surface area contributed by atoms with E-state index in [2.05, 4.69) is 9.47 Å². The Labute approximate surface area is 176 Å². The Balaban J connectivity index is 3.26. The monoisotopic (exact) mass is 456 g/mol. The van der Waals surface area contributed by atoms with Gasteiger partial charge in [0.05, 0.1) is 6.61 Å². The highest BCUT2D eigenvalue weighted by atomic mass is 19.4. The van der Waals surface area contributed by atoms with Crippen LogP contribution in [0.5, 0.6) is 0 Å². The smallest absolute Gasteiger partial charge is 0.432 e. The topological polar surface area (TPSA) is 55.8 Å². The fraction of sp³-hybridized carbons (Fsp3) is 0.571. The molecule has 1 unspecified atom stereocenters. The third-order valence-corrected chi connectivity index (χ3v) is 4.71. The van der Waals surface area contributed by atoms with Crippen molar-refractivity contribution in [2.45, 2.75) is 56.7 Å². The molecule has 1 aromatic carbocycles. The molecule has 0 aliphatic heterocycles. The maximum atomic E-state index is 13.9. The van der Waals surface area contributed by atoms with E-state index in [0.717, 1.165) is 25.0 Å². The van der Waals surface area contributed by atoms with E-state index in [1.165, 1.54) is 24.3 Å². The van der Waals surface area contributed by atoms with Crippen LogP contribution in [0.25, 0.3) is 0 Å². The molecule has 1 N–H and O–H groups in total. The van der Waals surface area contributed by atoms with Crippen LogP contribution in [0.3, 0.4) is 0 Å². The molecule has 0 spiro atoms. The van der Waals surface area contributed by atoms with Crippen LogP contribution >= 0.6 is 0 Å². The van der Waals surface area contributed by atoms with Gasteiger partial charge in [0.2, 0.25) is 0 Å². The van der Waals surface area contributed by atoms with E-state index in [9.17, 15) is 36.2 Å². The number of hydrogen-bond donors (Lipinski definition) is 1. The summed E-state index contributed by atoms with van der Waals surface area (Å²) >= 11 is 0. The minimum Gasteiger partial charge on any atom is -0.456 e. The first-order valence-corrected chi connectivity index (χ1v) is 9.68. The molecule has 0 fully saturated rings. The fourth-order valence-electron chi connectivity index (χ4n) is 3.03. The molecule has 0 radical (unpaired) electrons. The largest absolute Gasteiger partial charge is 0.456 e. The number of allylic oxidation sites excluding steroid dienone is 1. The second-order valence-electron chi connectivity index (χ2n) is 6.87. The zero-order valence-electron chi connectivity index (χ0n) is 17.2. The van der Waals surface area contributed by atoms with Gasteiger partial charge in [0.25, 0.3) is 5.60 Å². The lowest BCUT2D eigenvalue weighted by molar-refractivity contribution is -0.281. The summed E-state index contributed by atoms with van der Waals surface area (Å²) in [6.45, 7) is 0.584. The van der Waals surface area contributed by atoms with Crippen molar-refractivity contribution in [2.24, 2.45) is 5.92 Å². The molecule has 10 heteroatoms. The molecule has 0 saturated carbocycles. The van der Waals surface area contributed by atoms with Gasteiger partial charge in [0.1, 0.15) is 12.0 Å². The highest BCUT2D eigenvalue weighted by Gasteiger charge is 2.64. The number of aliphatic hydroxyl groups excluding tert-OH is 1. The average molecular weight is 456 g/mol. The summed E-state index contributed by atoms with van der Waals surface area (Å²) in [4.78, 5) is 12.6. The molecule has 0 heterocycles. The van der Waals surface area contributed by atoms with Crippen LogP contribution in [-0.2, 0) is 19.9 Å². The molecular formula is C21H26F6O4. The number of carbonyl (C=O) groups excluding carboxylic acids is 1. The second-order valence-corrected chi connectivity index (χ2v) is 6.87. The standard InChI is InChI=1S/C21H26F6O4/c1-3-4-5-6-10-13-16(20(22,23)24)17(14-28)31-18(29)19(30-2,21(25,26)27)15-11-8-7-9-12-15/h7-13,16-17,28H,3-6,14H2,1-2H3/b13-10+/t16-,17+,19?/m0/s1. The molecule has 3 atom stereocenters. The summed E-state index contributed by atoms with van der Waals surface area (Å²) < 4.78 is 91.3. The van der Waals surface area contributed by atoms with Crippen molar-refractivity contribution in [1.82, 2.24) is 0 Å².